The highest BCUT2D eigenvalue weighted by Gasteiger charge is 2.12. The van der Waals surface area contributed by atoms with Gasteiger partial charge in [0.25, 0.3) is 5.56 Å². The number of hydrogen-bond acceptors (Lipinski definition) is 6. The van der Waals surface area contributed by atoms with Gasteiger partial charge in [-0.1, -0.05) is 10.3 Å². The summed E-state index contributed by atoms with van der Waals surface area (Å²) in [4.78, 5) is 16.6. The van der Waals surface area contributed by atoms with Crippen LogP contribution in [-0.4, -0.2) is 29.6 Å². The first-order valence-corrected chi connectivity index (χ1v) is 5.89. The van der Waals surface area contributed by atoms with Gasteiger partial charge < -0.3 is 0 Å². The average Bonchev–Trinajstić information content (AvgIpc) is 3.00. The molecule has 98 valence electrons. The van der Waals surface area contributed by atoms with Crippen molar-refractivity contribution in [2.24, 2.45) is 0 Å². The van der Waals surface area contributed by atoms with Crippen molar-refractivity contribution in [2.75, 3.05) is 0 Å². The van der Waals surface area contributed by atoms with Crippen LogP contribution in [0.3, 0.4) is 0 Å². The third kappa shape index (κ3) is 1.81. The van der Waals surface area contributed by atoms with Crippen LogP contribution in [-0.2, 0) is 13.1 Å². The van der Waals surface area contributed by atoms with E-state index in [-0.39, 0.29) is 12.1 Å². The summed E-state index contributed by atoms with van der Waals surface area (Å²) in [5.74, 6) is 0. The second-order valence-electron chi connectivity index (χ2n) is 4.17. The van der Waals surface area contributed by atoms with E-state index < -0.39 is 0 Å². The predicted molar refractivity (Wildman–Crippen MR) is 65.6 cm³/mol. The Kier molecular flexibility index (Phi) is 2.62. The maximum absolute atomic E-state index is 12.4. The van der Waals surface area contributed by atoms with E-state index in [4.69, 9.17) is 0 Å². The minimum atomic E-state index is -0.147. The number of aryl methyl sites for hydroxylation is 2. The van der Waals surface area contributed by atoms with Crippen LogP contribution in [0.4, 0.5) is 0 Å². The monoisotopic (exact) mass is 260 g/mol. The van der Waals surface area contributed by atoms with Crippen molar-refractivity contribution in [3.63, 3.8) is 0 Å². The average molecular weight is 260 g/mol. The van der Waals surface area contributed by atoms with Gasteiger partial charge in [-0.25, -0.2) is 9.61 Å². The van der Waals surface area contributed by atoms with Crippen molar-refractivity contribution < 1.29 is 4.63 Å². The Morgan fingerprint density at radius 3 is 2.89 bits per heavy atom. The van der Waals surface area contributed by atoms with E-state index in [1.165, 1.54) is 10.9 Å². The largest absolute Gasteiger partial charge is 0.291 e. The summed E-state index contributed by atoms with van der Waals surface area (Å²) in [5.41, 5.74) is 2.23. The molecule has 0 saturated carbocycles. The molecule has 3 aromatic heterocycles. The lowest BCUT2D eigenvalue weighted by atomic mass is 10.3. The zero-order chi connectivity index (χ0) is 13.4. The van der Waals surface area contributed by atoms with Gasteiger partial charge in [-0.3, -0.25) is 14.0 Å². The molecule has 0 amide bonds. The van der Waals surface area contributed by atoms with Crippen LogP contribution in [0.15, 0.2) is 21.9 Å². The van der Waals surface area contributed by atoms with E-state index in [0.29, 0.717) is 29.0 Å². The van der Waals surface area contributed by atoms with Crippen LogP contribution in [0, 0.1) is 6.92 Å². The van der Waals surface area contributed by atoms with Crippen molar-refractivity contribution in [1.82, 2.24) is 29.6 Å². The molecule has 0 aliphatic carbocycles. The summed E-state index contributed by atoms with van der Waals surface area (Å²) in [5, 5.41) is 11.6. The summed E-state index contributed by atoms with van der Waals surface area (Å²) >= 11 is 0. The molecule has 3 heterocycles. The molecular formula is C11H12N6O2. The van der Waals surface area contributed by atoms with E-state index in [1.54, 1.807) is 17.8 Å². The van der Waals surface area contributed by atoms with Crippen LogP contribution in [0.1, 0.15) is 18.3 Å². The van der Waals surface area contributed by atoms with E-state index in [2.05, 4.69) is 25.0 Å². The quantitative estimate of drug-likeness (QED) is 0.675. The highest BCUT2D eigenvalue weighted by Crippen LogP contribution is 2.07. The summed E-state index contributed by atoms with van der Waals surface area (Å²) in [7, 11) is 0. The number of fused-ring (bicyclic) bond motifs is 1. The molecule has 0 fully saturated rings. The molecule has 3 rings (SSSR count). The van der Waals surface area contributed by atoms with Gasteiger partial charge in [0.15, 0.2) is 5.52 Å². The second-order valence-corrected chi connectivity index (χ2v) is 4.17. The number of rotatable bonds is 3. The molecule has 0 N–H and O–H groups in total. The molecule has 3 aromatic rings. The highest BCUT2D eigenvalue weighted by atomic mass is 16.6. The zero-order valence-electron chi connectivity index (χ0n) is 10.6. The second kappa shape index (κ2) is 4.30. The minimum absolute atomic E-state index is 0.147. The molecule has 0 spiro atoms. The van der Waals surface area contributed by atoms with E-state index >= 15 is 0 Å². The predicted octanol–water partition coefficient (Wildman–Crippen LogP) is 0.353. The van der Waals surface area contributed by atoms with Gasteiger partial charge in [-0.2, -0.15) is 5.10 Å². The Balaban J connectivity index is 2.12. The molecule has 8 heteroatoms. The van der Waals surface area contributed by atoms with Crippen molar-refractivity contribution in [2.45, 2.75) is 26.9 Å². The molecule has 0 unspecified atom stereocenters. The molecule has 0 aliphatic rings. The van der Waals surface area contributed by atoms with Gasteiger partial charge in [0.2, 0.25) is 0 Å². The first-order chi connectivity index (χ1) is 9.20. The minimum Gasteiger partial charge on any atom is -0.291 e. The smallest absolute Gasteiger partial charge is 0.279 e. The Labute approximate surface area is 107 Å². The van der Waals surface area contributed by atoms with Crippen LogP contribution in [0.25, 0.3) is 11.0 Å². The maximum atomic E-state index is 12.4. The SMILES string of the molecule is CCn1ncc2ncn(Cc3nonc3C)c(=O)c21. The van der Waals surface area contributed by atoms with Gasteiger partial charge >= 0.3 is 0 Å². The number of hydrogen-bond donors (Lipinski definition) is 0. The molecular weight excluding hydrogens is 248 g/mol. The van der Waals surface area contributed by atoms with Crippen LogP contribution < -0.4 is 5.56 Å². The van der Waals surface area contributed by atoms with E-state index in [9.17, 15) is 4.79 Å². The fraction of sp³-hybridized carbons (Fsp3) is 0.364. The Hall–Kier alpha value is -2.51. The Bertz CT molecular complexity index is 784. The van der Waals surface area contributed by atoms with Crippen molar-refractivity contribution >= 4 is 11.0 Å². The summed E-state index contributed by atoms with van der Waals surface area (Å²) in [6, 6.07) is 0. The van der Waals surface area contributed by atoms with Crippen LogP contribution in [0.2, 0.25) is 0 Å². The van der Waals surface area contributed by atoms with Gasteiger partial charge in [0.1, 0.15) is 16.9 Å². The third-order valence-electron chi connectivity index (χ3n) is 2.99. The number of nitrogens with zero attached hydrogens (tertiary/aromatic N) is 6. The van der Waals surface area contributed by atoms with Gasteiger partial charge in [-0.05, 0) is 13.8 Å². The van der Waals surface area contributed by atoms with E-state index in [1.807, 2.05) is 6.92 Å². The zero-order valence-corrected chi connectivity index (χ0v) is 10.6. The molecule has 0 atom stereocenters. The fourth-order valence-corrected chi connectivity index (χ4v) is 1.92. The Morgan fingerprint density at radius 1 is 1.37 bits per heavy atom. The third-order valence-corrected chi connectivity index (χ3v) is 2.99. The molecule has 0 aromatic carbocycles. The van der Waals surface area contributed by atoms with Gasteiger partial charge in [0.05, 0.1) is 19.1 Å². The maximum Gasteiger partial charge on any atom is 0.279 e. The van der Waals surface area contributed by atoms with Crippen LogP contribution >= 0.6 is 0 Å². The molecule has 8 nitrogen and oxygen atoms in total. The first kappa shape index (κ1) is 11.6. The molecule has 0 aliphatic heterocycles. The topological polar surface area (TPSA) is 91.6 Å². The normalized spacial score (nSPS) is 11.3. The summed E-state index contributed by atoms with van der Waals surface area (Å²) < 4.78 is 7.73. The van der Waals surface area contributed by atoms with Gasteiger partial charge in [-0.15, -0.1) is 0 Å². The lowest BCUT2D eigenvalue weighted by molar-refractivity contribution is 0.300. The lowest BCUT2D eigenvalue weighted by Crippen LogP contribution is -2.23. The van der Waals surface area contributed by atoms with Crippen molar-refractivity contribution in [3.05, 3.63) is 34.3 Å². The molecule has 0 bridgehead atoms. The summed E-state index contributed by atoms with van der Waals surface area (Å²) in [6.07, 6.45) is 3.08. The van der Waals surface area contributed by atoms with Crippen LogP contribution in [0.5, 0.6) is 0 Å². The molecule has 0 radical (unpaired) electrons. The fourth-order valence-electron chi connectivity index (χ4n) is 1.92. The van der Waals surface area contributed by atoms with Crippen molar-refractivity contribution in [3.8, 4) is 0 Å². The van der Waals surface area contributed by atoms with Gasteiger partial charge in [0, 0.05) is 6.54 Å². The molecule has 19 heavy (non-hydrogen) atoms. The standard InChI is InChI=1S/C11H12N6O2/c1-3-17-10-8(4-13-17)12-6-16(11(10)18)5-9-7(2)14-19-15-9/h4,6H,3,5H2,1-2H3. The summed E-state index contributed by atoms with van der Waals surface area (Å²) in [6.45, 7) is 4.61. The highest BCUT2D eigenvalue weighted by molar-refractivity contribution is 5.72. The molecule has 0 saturated heterocycles. The number of aromatic nitrogens is 6. The van der Waals surface area contributed by atoms with Crippen molar-refractivity contribution in [1.29, 1.82) is 0 Å². The first-order valence-electron chi connectivity index (χ1n) is 5.89. The Morgan fingerprint density at radius 2 is 2.21 bits per heavy atom. The van der Waals surface area contributed by atoms with E-state index in [0.717, 1.165) is 0 Å². The lowest BCUT2D eigenvalue weighted by Gasteiger charge is -2.04.